The number of carbonyl (C=O) groups is 2. The Morgan fingerprint density at radius 2 is 2.00 bits per heavy atom. The first kappa shape index (κ1) is 26.3. The Labute approximate surface area is 217 Å². The quantitative estimate of drug-likeness (QED) is 0.167. The van der Waals surface area contributed by atoms with Gasteiger partial charge in [-0.05, 0) is 38.6 Å². The summed E-state index contributed by atoms with van der Waals surface area (Å²) in [7, 11) is 2.12. The summed E-state index contributed by atoms with van der Waals surface area (Å²) in [5.41, 5.74) is 13.7. The van der Waals surface area contributed by atoms with Crippen LogP contribution >= 0.6 is 0 Å². The number of nitrogens with zero attached hydrogens (tertiary/aromatic N) is 4. The molecular formula is C25H37N9O3. The van der Waals surface area contributed by atoms with E-state index in [0.29, 0.717) is 43.1 Å². The lowest BCUT2D eigenvalue weighted by molar-refractivity contribution is 0.0947. The fraction of sp³-hybridized carbons (Fsp3) is 0.480. The monoisotopic (exact) mass is 511 g/mol. The van der Waals surface area contributed by atoms with Gasteiger partial charge in [-0.2, -0.15) is 0 Å². The minimum Gasteiger partial charge on any atom is -0.491 e. The first-order chi connectivity index (χ1) is 17.8. The highest BCUT2D eigenvalue weighted by molar-refractivity contribution is 6.00. The van der Waals surface area contributed by atoms with Gasteiger partial charge in [-0.15, -0.1) is 0 Å². The molecule has 0 saturated carbocycles. The summed E-state index contributed by atoms with van der Waals surface area (Å²) < 4.78 is 6.14. The molecule has 0 aromatic heterocycles. The fourth-order valence-electron chi connectivity index (χ4n) is 4.42. The lowest BCUT2D eigenvalue weighted by Gasteiger charge is -2.32. The average Bonchev–Trinajstić information content (AvgIpc) is 3.22. The van der Waals surface area contributed by atoms with Crippen molar-refractivity contribution in [3.63, 3.8) is 0 Å². The molecule has 1 saturated heterocycles. The maximum atomic E-state index is 13.0. The van der Waals surface area contributed by atoms with Crippen molar-refractivity contribution < 1.29 is 14.3 Å². The summed E-state index contributed by atoms with van der Waals surface area (Å²) in [6.45, 7) is 7.98. The average molecular weight is 512 g/mol. The number of urea groups is 1. The minimum atomic E-state index is -0.260. The molecule has 1 atom stereocenters. The van der Waals surface area contributed by atoms with E-state index in [4.69, 9.17) is 16.2 Å². The molecule has 3 amide bonds. The number of amides is 3. The summed E-state index contributed by atoms with van der Waals surface area (Å²) in [6, 6.07) is 4.92. The van der Waals surface area contributed by atoms with E-state index in [0.717, 1.165) is 44.0 Å². The maximum absolute atomic E-state index is 13.0. The van der Waals surface area contributed by atoms with Crippen LogP contribution in [0.5, 0.6) is 5.75 Å². The van der Waals surface area contributed by atoms with E-state index >= 15 is 0 Å². The van der Waals surface area contributed by atoms with Gasteiger partial charge in [-0.25, -0.2) is 4.79 Å². The molecule has 37 heavy (non-hydrogen) atoms. The third-order valence-electron chi connectivity index (χ3n) is 6.52. The van der Waals surface area contributed by atoms with Crippen molar-refractivity contribution in [2.75, 3.05) is 64.4 Å². The zero-order valence-electron chi connectivity index (χ0n) is 21.5. The third kappa shape index (κ3) is 6.92. The number of fused-ring (bicyclic) bond motifs is 1. The van der Waals surface area contributed by atoms with Crippen LogP contribution in [-0.4, -0.2) is 93.3 Å². The Morgan fingerprint density at radius 3 is 2.76 bits per heavy atom. The van der Waals surface area contributed by atoms with Crippen LogP contribution in [0.3, 0.4) is 0 Å². The van der Waals surface area contributed by atoms with Gasteiger partial charge in [0.2, 0.25) is 0 Å². The van der Waals surface area contributed by atoms with Crippen molar-refractivity contribution in [3.05, 3.63) is 47.3 Å². The third-order valence-corrected chi connectivity index (χ3v) is 6.52. The van der Waals surface area contributed by atoms with Crippen LogP contribution in [0.25, 0.3) is 0 Å². The van der Waals surface area contributed by atoms with Crippen molar-refractivity contribution >= 4 is 23.6 Å². The summed E-state index contributed by atoms with van der Waals surface area (Å²) in [5, 5.41) is 9.06. The van der Waals surface area contributed by atoms with Crippen LogP contribution in [0.15, 0.2) is 46.7 Å². The number of benzene rings is 1. The van der Waals surface area contributed by atoms with Gasteiger partial charge >= 0.3 is 6.03 Å². The number of piperazine rings is 1. The predicted octanol–water partition coefficient (Wildman–Crippen LogP) is -0.0473. The van der Waals surface area contributed by atoms with Gasteiger partial charge in [0.05, 0.1) is 11.3 Å². The fourth-order valence-corrected chi connectivity index (χ4v) is 4.42. The molecule has 3 aliphatic rings. The number of guanidine groups is 1. The zero-order chi connectivity index (χ0) is 26.4. The van der Waals surface area contributed by atoms with Gasteiger partial charge in [0.15, 0.2) is 5.96 Å². The number of carbonyl (C=O) groups excluding carboxylic acids is 2. The number of likely N-dealkylation sites (N-methyl/N-ethyl adjacent to an activating group) is 1. The van der Waals surface area contributed by atoms with Gasteiger partial charge in [0, 0.05) is 69.3 Å². The Hall–Kier alpha value is -3.77. The molecule has 1 aromatic rings. The van der Waals surface area contributed by atoms with Crippen LogP contribution in [0.4, 0.5) is 10.5 Å². The number of rotatable bonds is 10. The molecule has 0 radical (unpaired) electrons. The highest BCUT2D eigenvalue weighted by Gasteiger charge is 2.30. The maximum Gasteiger partial charge on any atom is 0.327 e. The van der Waals surface area contributed by atoms with E-state index in [1.807, 2.05) is 13.0 Å². The predicted molar refractivity (Wildman–Crippen MR) is 143 cm³/mol. The zero-order valence-corrected chi connectivity index (χ0v) is 21.5. The number of ether oxygens (including phenoxy) is 1. The molecule has 3 aliphatic heterocycles. The topological polar surface area (TPSA) is 154 Å². The number of anilines is 1. The Bertz CT molecular complexity index is 1090. The van der Waals surface area contributed by atoms with Gasteiger partial charge in [0.25, 0.3) is 5.91 Å². The van der Waals surface area contributed by atoms with E-state index in [1.165, 1.54) is 4.90 Å². The molecule has 12 heteroatoms. The second-order valence-corrected chi connectivity index (χ2v) is 9.44. The molecule has 0 spiro atoms. The number of allylic oxidation sites excluding steroid dienone is 1. The molecule has 12 nitrogen and oxygen atoms in total. The lowest BCUT2D eigenvalue weighted by atomic mass is 10.1. The van der Waals surface area contributed by atoms with Crippen LogP contribution in [-0.2, 0) is 0 Å². The van der Waals surface area contributed by atoms with Gasteiger partial charge in [-0.1, -0.05) is 0 Å². The molecule has 0 bridgehead atoms. The molecule has 0 aliphatic carbocycles. The number of aliphatic imine (C=N–C) groups is 1. The van der Waals surface area contributed by atoms with E-state index in [-0.39, 0.29) is 24.1 Å². The standard InChI is InChI=1S/C25H37N9O3/c1-17-14-18-16-34(25(36)31-22(18)30-17)19-4-5-20(23(35)28-6-3-7-29-24(26)27)21(15-19)37-13-12-33-10-8-32(2)9-11-33/h4-5,14-16,22,30H,3,6-13H2,1-2H3,(H,28,35)(H,31,36)(H4,26,27,29). The summed E-state index contributed by atoms with van der Waals surface area (Å²) >= 11 is 0. The second-order valence-electron chi connectivity index (χ2n) is 9.44. The van der Waals surface area contributed by atoms with Gasteiger partial charge in [0.1, 0.15) is 18.5 Å². The van der Waals surface area contributed by atoms with Crippen LogP contribution in [0.1, 0.15) is 23.7 Å². The minimum absolute atomic E-state index is 0.0278. The van der Waals surface area contributed by atoms with E-state index in [9.17, 15) is 9.59 Å². The van der Waals surface area contributed by atoms with Crippen molar-refractivity contribution in [1.29, 1.82) is 0 Å². The van der Waals surface area contributed by atoms with Crippen LogP contribution < -0.4 is 37.1 Å². The first-order valence-corrected chi connectivity index (χ1v) is 12.6. The largest absolute Gasteiger partial charge is 0.491 e. The molecule has 7 N–H and O–H groups in total. The molecule has 1 aromatic carbocycles. The van der Waals surface area contributed by atoms with Crippen molar-refractivity contribution in [3.8, 4) is 5.75 Å². The normalized spacial score (nSPS) is 19.8. The summed E-state index contributed by atoms with van der Waals surface area (Å²) in [4.78, 5) is 35.9. The van der Waals surface area contributed by atoms with Gasteiger partial charge in [-0.3, -0.25) is 19.6 Å². The number of hydrogen-bond acceptors (Lipinski definition) is 7. The summed E-state index contributed by atoms with van der Waals surface area (Å²) in [5.74, 6) is 0.198. The Morgan fingerprint density at radius 1 is 1.22 bits per heavy atom. The Kier molecular flexibility index (Phi) is 8.51. The molecule has 1 fully saturated rings. The molecule has 1 unspecified atom stereocenters. The highest BCUT2D eigenvalue weighted by atomic mass is 16.5. The van der Waals surface area contributed by atoms with Gasteiger partial charge < -0.3 is 37.1 Å². The van der Waals surface area contributed by atoms with Crippen LogP contribution in [0, 0.1) is 0 Å². The number of hydrogen-bond donors (Lipinski definition) is 5. The van der Waals surface area contributed by atoms with Crippen molar-refractivity contribution in [2.24, 2.45) is 16.5 Å². The highest BCUT2D eigenvalue weighted by Crippen LogP contribution is 2.29. The van der Waals surface area contributed by atoms with Crippen molar-refractivity contribution in [1.82, 2.24) is 25.8 Å². The lowest BCUT2D eigenvalue weighted by Crippen LogP contribution is -2.51. The number of nitrogens with one attached hydrogen (secondary N) is 3. The van der Waals surface area contributed by atoms with E-state index in [1.54, 1.807) is 24.4 Å². The molecule has 200 valence electrons. The smallest absolute Gasteiger partial charge is 0.327 e. The molecular weight excluding hydrogens is 474 g/mol. The second kappa shape index (κ2) is 12.0. The Balaban J connectivity index is 1.48. The van der Waals surface area contributed by atoms with E-state index < -0.39 is 0 Å². The molecule has 4 rings (SSSR count). The SMILES string of the molecule is CC1=CC2=CN(c3ccc(C(=O)NCCCN=C(N)N)c(OCCN4CCN(C)CC4)c3)C(=O)NC2N1. The number of nitrogens with two attached hydrogens (primary N) is 2. The van der Waals surface area contributed by atoms with E-state index in [2.05, 4.69) is 37.8 Å². The first-order valence-electron chi connectivity index (χ1n) is 12.6. The molecule has 3 heterocycles. The van der Waals surface area contributed by atoms with Crippen molar-refractivity contribution in [2.45, 2.75) is 19.5 Å². The van der Waals surface area contributed by atoms with Crippen LogP contribution in [0.2, 0.25) is 0 Å². The summed E-state index contributed by atoms with van der Waals surface area (Å²) in [6.07, 6.45) is 4.17.